The van der Waals surface area contributed by atoms with Gasteiger partial charge in [0.2, 0.25) is 5.91 Å². The maximum atomic E-state index is 13.3. The number of amides is 2. The minimum atomic E-state index is -0.684. The second-order valence-electron chi connectivity index (χ2n) is 7.06. The number of hydrogen-bond donors (Lipinski definition) is 1. The van der Waals surface area contributed by atoms with Gasteiger partial charge in [0.05, 0.1) is 0 Å². The molecule has 0 unspecified atom stereocenters. The number of nitrogens with one attached hydrogen (secondary N) is 1. The van der Waals surface area contributed by atoms with Gasteiger partial charge in [-0.25, -0.2) is 0 Å². The zero-order valence-corrected chi connectivity index (χ0v) is 16.6. The Morgan fingerprint density at radius 2 is 1.96 bits per heavy atom. The molecule has 1 heterocycles. The summed E-state index contributed by atoms with van der Waals surface area (Å²) < 4.78 is 3.81. The van der Waals surface area contributed by atoms with Gasteiger partial charge in [0.15, 0.2) is 5.69 Å². The summed E-state index contributed by atoms with van der Waals surface area (Å²) in [5, 5.41) is 8.74. The molecule has 2 amide bonds. The topological polar surface area (TPSA) is 75.2 Å². The fourth-order valence-corrected chi connectivity index (χ4v) is 4.01. The van der Waals surface area contributed by atoms with Crippen molar-refractivity contribution in [3.8, 4) is 0 Å². The van der Waals surface area contributed by atoms with Crippen molar-refractivity contribution in [1.29, 1.82) is 0 Å². The molecule has 1 aliphatic rings. The van der Waals surface area contributed by atoms with Gasteiger partial charge < -0.3 is 10.2 Å². The molecule has 2 aromatic rings. The fraction of sp³-hybridized carbons (Fsp3) is 0.500. The van der Waals surface area contributed by atoms with E-state index in [0.29, 0.717) is 0 Å². The van der Waals surface area contributed by atoms with Gasteiger partial charge in [-0.2, -0.15) is 0 Å². The lowest BCUT2D eigenvalue weighted by Crippen LogP contribution is -2.49. The molecule has 144 valence electrons. The molecule has 2 atom stereocenters. The Bertz CT molecular complexity index is 745. The van der Waals surface area contributed by atoms with E-state index in [1.54, 1.807) is 10.3 Å². The van der Waals surface area contributed by atoms with Crippen molar-refractivity contribution >= 4 is 23.3 Å². The van der Waals surface area contributed by atoms with Crippen molar-refractivity contribution in [3.05, 3.63) is 47.0 Å². The van der Waals surface area contributed by atoms with Gasteiger partial charge in [-0.1, -0.05) is 54.6 Å². The maximum Gasteiger partial charge on any atom is 0.276 e. The van der Waals surface area contributed by atoms with Gasteiger partial charge in [-0.3, -0.25) is 9.59 Å². The lowest BCUT2D eigenvalue weighted by atomic mass is 10.0. The molecular formula is C20H26N4O2S. The zero-order chi connectivity index (χ0) is 19.2. The lowest BCUT2D eigenvalue weighted by Gasteiger charge is -2.35. The Kier molecular flexibility index (Phi) is 6.55. The van der Waals surface area contributed by atoms with Gasteiger partial charge in [0.1, 0.15) is 6.04 Å². The van der Waals surface area contributed by atoms with Crippen LogP contribution in [0.2, 0.25) is 0 Å². The highest BCUT2D eigenvalue weighted by atomic mass is 32.1. The first-order chi connectivity index (χ1) is 13.1. The molecule has 6 nitrogen and oxygen atoms in total. The van der Waals surface area contributed by atoms with Crippen molar-refractivity contribution in [3.63, 3.8) is 0 Å². The normalized spacial score (nSPS) is 16.7. The first-order valence-electron chi connectivity index (χ1n) is 9.56. The molecule has 1 saturated carbocycles. The van der Waals surface area contributed by atoms with E-state index in [1.807, 2.05) is 44.2 Å². The quantitative estimate of drug-likeness (QED) is 0.789. The highest BCUT2D eigenvalue weighted by molar-refractivity contribution is 7.03. The average Bonchev–Trinajstić information content (AvgIpc) is 3.39. The number of carbonyl (C=O) groups excluding carboxylic acids is 2. The molecule has 1 fully saturated rings. The number of nitrogens with zero attached hydrogens (tertiary/aromatic N) is 3. The SMILES string of the molecule is CC[C@H](C)N(C(=O)c1csnn1)[C@H](C(=O)NC1CCCC1)c1ccccc1. The van der Waals surface area contributed by atoms with Gasteiger partial charge in [-0.15, -0.1) is 5.10 Å². The van der Waals surface area contributed by atoms with Crippen LogP contribution in [0.4, 0.5) is 0 Å². The number of aromatic nitrogens is 2. The summed E-state index contributed by atoms with van der Waals surface area (Å²) in [7, 11) is 0. The monoisotopic (exact) mass is 386 g/mol. The van der Waals surface area contributed by atoms with E-state index in [-0.39, 0.29) is 29.6 Å². The van der Waals surface area contributed by atoms with Crippen LogP contribution >= 0.6 is 11.5 Å². The molecule has 0 aliphatic heterocycles. The maximum absolute atomic E-state index is 13.3. The van der Waals surface area contributed by atoms with Crippen molar-refractivity contribution in [2.24, 2.45) is 0 Å². The molecule has 0 saturated heterocycles. The highest BCUT2D eigenvalue weighted by Crippen LogP contribution is 2.28. The highest BCUT2D eigenvalue weighted by Gasteiger charge is 2.36. The van der Waals surface area contributed by atoms with Gasteiger partial charge >= 0.3 is 0 Å². The summed E-state index contributed by atoms with van der Waals surface area (Å²) in [5.74, 6) is -0.376. The third kappa shape index (κ3) is 4.53. The van der Waals surface area contributed by atoms with Crippen molar-refractivity contribution in [2.75, 3.05) is 0 Å². The third-order valence-electron chi connectivity index (χ3n) is 5.22. The predicted molar refractivity (Wildman–Crippen MR) is 105 cm³/mol. The van der Waals surface area contributed by atoms with Crippen LogP contribution in [0.15, 0.2) is 35.7 Å². The Morgan fingerprint density at radius 3 is 2.56 bits per heavy atom. The standard InChI is InChI=1S/C20H26N4O2S/c1-3-14(2)24(20(26)17-13-27-23-22-17)18(15-9-5-4-6-10-15)19(25)21-16-11-7-8-12-16/h4-6,9-10,13-14,16,18H,3,7-8,11-12H2,1-2H3,(H,21,25)/t14-,18-/m0/s1. The third-order valence-corrected chi connectivity index (χ3v) is 5.73. The predicted octanol–water partition coefficient (Wildman–Crippen LogP) is 3.58. The second kappa shape index (κ2) is 9.08. The van der Waals surface area contributed by atoms with Crippen LogP contribution in [0, 0.1) is 0 Å². The van der Waals surface area contributed by atoms with Crippen LogP contribution < -0.4 is 5.32 Å². The zero-order valence-electron chi connectivity index (χ0n) is 15.8. The Labute approximate surface area is 164 Å². The van der Waals surface area contributed by atoms with Crippen molar-refractivity contribution < 1.29 is 9.59 Å². The van der Waals surface area contributed by atoms with E-state index in [2.05, 4.69) is 14.9 Å². The molecule has 3 rings (SSSR count). The summed E-state index contributed by atoms with van der Waals surface area (Å²) in [6, 6.07) is 8.91. The van der Waals surface area contributed by atoms with E-state index in [0.717, 1.165) is 49.2 Å². The molecule has 27 heavy (non-hydrogen) atoms. The Morgan fingerprint density at radius 1 is 1.26 bits per heavy atom. The van der Waals surface area contributed by atoms with Gasteiger partial charge in [0.25, 0.3) is 5.91 Å². The van der Waals surface area contributed by atoms with E-state index in [1.165, 1.54) is 0 Å². The summed E-state index contributed by atoms with van der Waals surface area (Å²) in [6.07, 6.45) is 5.02. The molecule has 1 N–H and O–H groups in total. The smallest absolute Gasteiger partial charge is 0.276 e. The molecular weight excluding hydrogens is 360 g/mol. The molecule has 0 bridgehead atoms. The Hall–Kier alpha value is -2.28. The molecule has 7 heteroatoms. The molecule has 1 aromatic heterocycles. The molecule has 0 spiro atoms. The van der Waals surface area contributed by atoms with Crippen LogP contribution in [0.3, 0.4) is 0 Å². The number of rotatable bonds is 7. The first kappa shape index (κ1) is 19.5. The van der Waals surface area contributed by atoms with Gasteiger partial charge in [0, 0.05) is 17.5 Å². The van der Waals surface area contributed by atoms with Crippen LogP contribution in [-0.2, 0) is 4.79 Å². The van der Waals surface area contributed by atoms with E-state index >= 15 is 0 Å². The van der Waals surface area contributed by atoms with Gasteiger partial charge in [-0.05, 0) is 43.3 Å². The fourth-order valence-electron chi connectivity index (χ4n) is 3.58. The van der Waals surface area contributed by atoms with Crippen molar-refractivity contribution in [2.45, 2.75) is 64.1 Å². The minimum Gasteiger partial charge on any atom is -0.351 e. The van der Waals surface area contributed by atoms with Crippen LogP contribution in [-0.4, -0.2) is 38.4 Å². The summed E-state index contributed by atoms with van der Waals surface area (Å²) in [4.78, 5) is 28.2. The molecule has 0 radical (unpaired) electrons. The summed E-state index contributed by atoms with van der Waals surface area (Å²) >= 11 is 1.14. The largest absolute Gasteiger partial charge is 0.351 e. The van der Waals surface area contributed by atoms with Crippen LogP contribution in [0.25, 0.3) is 0 Å². The first-order valence-corrected chi connectivity index (χ1v) is 10.4. The molecule has 1 aromatic carbocycles. The average molecular weight is 387 g/mol. The summed E-state index contributed by atoms with van der Waals surface area (Å²) in [5.41, 5.74) is 1.10. The number of carbonyl (C=O) groups is 2. The number of benzene rings is 1. The van der Waals surface area contributed by atoms with E-state index in [4.69, 9.17) is 0 Å². The minimum absolute atomic E-state index is 0.112. The number of hydrogen-bond acceptors (Lipinski definition) is 5. The Balaban J connectivity index is 1.96. The van der Waals surface area contributed by atoms with Crippen LogP contribution in [0.5, 0.6) is 0 Å². The summed E-state index contributed by atoms with van der Waals surface area (Å²) in [6.45, 7) is 3.98. The second-order valence-corrected chi connectivity index (χ2v) is 7.67. The van der Waals surface area contributed by atoms with E-state index < -0.39 is 6.04 Å². The van der Waals surface area contributed by atoms with Crippen molar-refractivity contribution in [1.82, 2.24) is 19.8 Å². The molecule has 1 aliphatic carbocycles. The van der Waals surface area contributed by atoms with E-state index in [9.17, 15) is 9.59 Å². The lowest BCUT2D eigenvalue weighted by molar-refractivity contribution is -0.127. The van der Waals surface area contributed by atoms with Crippen LogP contribution in [0.1, 0.15) is 68.0 Å².